The van der Waals surface area contributed by atoms with E-state index in [1.807, 2.05) is 6.92 Å². The Morgan fingerprint density at radius 2 is 2.00 bits per heavy atom. The molecule has 3 rings (SSSR count). The van der Waals surface area contributed by atoms with Crippen LogP contribution in [0.25, 0.3) is 5.95 Å². The van der Waals surface area contributed by atoms with Crippen LogP contribution in [0, 0.1) is 18.8 Å². The fourth-order valence-corrected chi connectivity index (χ4v) is 3.47. The molecule has 1 aliphatic rings. The number of nitrogens with one attached hydrogen (secondary N) is 2. The number of nitrogens with zero attached hydrogens (tertiary/aromatic N) is 3. The zero-order valence-corrected chi connectivity index (χ0v) is 15.3. The van der Waals surface area contributed by atoms with Crippen molar-refractivity contribution in [2.45, 2.75) is 46.0 Å². The van der Waals surface area contributed by atoms with Crippen LogP contribution in [-0.2, 0) is 16.0 Å². The fourth-order valence-electron chi connectivity index (χ4n) is 3.47. The highest BCUT2D eigenvalue weighted by Gasteiger charge is 2.32. The first-order chi connectivity index (χ1) is 12.9. The largest absolute Gasteiger partial charge is 0.550 e. The number of rotatable bonds is 5. The fraction of sp³-hybridized carbons (Fsp3) is 0.500. The predicted octanol–water partition coefficient (Wildman–Crippen LogP) is 0.321. The molecule has 2 N–H and O–H groups in total. The molecule has 1 aliphatic carbocycles. The first-order valence-corrected chi connectivity index (χ1v) is 9.08. The van der Waals surface area contributed by atoms with E-state index in [2.05, 4.69) is 20.4 Å². The molecule has 144 valence electrons. The van der Waals surface area contributed by atoms with Crippen LogP contribution in [0.5, 0.6) is 0 Å². The summed E-state index contributed by atoms with van der Waals surface area (Å²) < 4.78 is 1.35. The SMILES string of the molecule is CCc1cc(=O)[nH]c(-n2nc(C)cc2NC(=O)[C@H]2CCCC[C@H]2C(=O)[O-])n1. The Morgan fingerprint density at radius 3 is 2.67 bits per heavy atom. The molecule has 0 aliphatic heterocycles. The van der Waals surface area contributed by atoms with E-state index < -0.39 is 17.8 Å². The molecule has 1 fully saturated rings. The third kappa shape index (κ3) is 4.07. The van der Waals surface area contributed by atoms with Crippen molar-refractivity contribution in [1.29, 1.82) is 0 Å². The van der Waals surface area contributed by atoms with E-state index in [0.29, 0.717) is 36.5 Å². The molecule has 0 bridgehead atoms. The van der Waals surface area contributed by atoms with Gasteiger partial charge >= 0.3 is 0 Å². The van der Waals surface area contributed by atoms with Gasteiger partial charge in [-0.3, -0.25) is 14.6 Å². The third-order valence-electron chi connectivity index (χ3n) is 4.83. The van der Waals surface area contributed by atoms with Crippen molar-refractivity contribution in [3.63, 3.8) is 0 Å². The topological polar surface area (TPSA) is 133 Å². The molecule has 0 radical (unpaired) electrons. The van der Waals surface area contributed by atoms with Crippen LogP contribution in [0.15, 0.2) is 16.9 Å². The van der Waals surface area contributed by atoms with Crippen LogP contribution in [0.4, 0.5) is 5.82 Å². The molecular weight excluding hydrogens is 350 g/mol. The van der Waals surface area contributed by atoms with Gasteiger partial charge in [-0.1, -0.05) is 19.8 Å². The second-order valence-electron chi connectivity index (χ2n) is 6.80. The molecule has 2 heterocycles. The number of hydrogen-bond acceptors (Lipinski definition) is 6. The lowest BCUT2D eigenvalue weighted by atomic mass is 9.79. The van der Waals surface area contributed by atoms with E-state index in [1.54, 1.807) is 13.0 Å². The van der Waals surface area contributed by atoms with E-state index in [0.717, 1.165) is 12.8 Å². The Morgan fingerprint density at radius 1 is 1.30 bits per heavy atom. The lowest BCUT2D eigenvalue weighted by molar-refractivity contribution is -0.313. The van der Waals surface area contributed by atoms with Crippen LogP contribution in [-0.4, -0.2) is 31.6 Å². The Balaban J connectivity index is 1.90. The molecule has 27 heavy (non-hydrogen) atoms. The lowest BCUT2D eigenvalue weighted by Crippen LogP contribution is -2.42. The van der Waals surface area contributed by atoms with E-state index in [9.17, 15) is 19.5 Å². The highest BCUT2D eigenvalue weighted by molar-refractivity contribution is 5.94. The van der Waals surface area contributed by atoms with Crippen molar-refractivity contribution in [3.05, 3.63) is 33.9 Å². The van der Waals surface area contributed by atoms with Gasteiger partial charge < -0.3 is 15.2 Å². The van der Waals surface area contributed by atoms with Gasteiger partial charge in [-0.25, -0.2) is 4.98 Å². The normalized spacial score (nSPS) is 19.6. The van der Waals surface area contributed by atoms with E-state index in [-0.39, 0.29) is 17.4 Å². The number of carboxylic acids is 1. The minimum absolute atomic E-state index is 0.197. The number of carbonyl (C=O) groups is 2. The second-order valence-corrected chi connectivity index (χ2v) is 6.80. The second kappa shape index (κ2) is 7.73. The van der Waals surface area contributed by atoms with Crippen LogP contribution < -0.4 is 16.0 Å². The minimum atomic E-state index is -1.19. The Hall–Kier alpha value is -2.97. The van der Waals surface area contributed by atoms with Gasteiger partial charge in [-0.05, 0) is 26.2 Å². The molecule has 0 unspecified atom stereocenters. The van der Waals surface area contributed by atoms with Gasteiger partial charge in [-0.2, -0.15) is 9.78 Å². The number of carbonyl (C=O) groups excluding carboxylic acids is 2. The van der Waals surface area contributed by atoms with Crippen LogP contribution >= 0.6 is 0 Å². The Kier molecular flexibility index (Phi) is 5.38. The van der Waals surface area contributed by atoms with Gasteiger partial charge in [0.2, 0.25) is 11.9 Å². The maximum Gasteiger partial charge on any atom is 0.252 e. The van der Waals surface area contributed by atoms with Crippen molar-refractivity contribution in [2.24, 2.45) is 11.8 Å². The zero-order chi connectivity index (χ0) is 19.6. The molecule has 9 heteroatoms. The van der Waals surface area contributed by atoms with Gasteiger partial charge in [-0.15, -0.1) is 0 Å². The lowest BCUT2D eigenvalue weighted by Gasteiger charge is -2.31. The summed E-state index contributed by atoms with van der Waals surface area (Å²) in [6.45, 7) is 3.63. The van der Waals surface area contributed by atoms with Crippen molar-refractivity contribution in [1.82, 2.24) is 19.7 Å². The number of carboxylic acid groups (broad SMARTS) is 1. The molecule has 0 saturated heterocycles. The Labute approximate surface area is 155 Å². The Bertz CT molecular complexity index is 917. The van der Waals surface area contributed by atoms with Crippen molar-refractivity contribution in [3.8, 4) is 5.95 Å². The average Bonchev–Trinajstić information content (AvgIpc) is 3.01. The summed E-state index contributed by atoms with van der Waals surface area (Å²) in [4.78, 5) is 42.9. The number of aliphatic carboxylic acids is 1. The van der Waals surface area contributed by atoms with Gasteiger partial charge in [0, 0.05) is 35.6 Å². The molecular formula is C18H22N5O4-. The van der Waals surface area contributed by atoms with Gasteiger partial charge in [0.25, 0.3) is 5.56 Å². The minimum Gasteiger partial charge on any atom is -0.550 e. The maximum absolute atomic E-state index is 12.7. The number of H-pyrrole nitrogens is 1. The van der Waals surface area contributed by atoms with E-state index in [4.69, 9.17) is 0 Å². The quantitative estimate of drug-likeness (QED) is 0.777. The van der Waals surface area contributed by atoms with Crippen LogP contribution in [0.3, 0.4) is 0 Å². The smallest absolute Gasteiger partial charge is 0.252 e. The highest BCUT2D eigenvalue weighted by atomic mass is 16.4. The maximum atomic E-state index is 12.7. The van der Waals surface area contributed by atoms with Gasteiger partial charge in [0.05, 0.1) is 5.69 Å². The van der Waals surface area contributed by atoms with E-state index in [1.165, 1.54) is 10.7 Å². The van der Waals surface area contributed by atoms with Gasteiger partial charge in [0.15, 0.2) is 0 Å². The molecule has 2 aromatic rings. The molecule has 2 aromatic heterocycles. The molecule has 0 aromatic carbocycles. The first-order valence-electron chi connectivity index (χ1n) is 9.08. The number of aromatic nitrogens is 4. The number of aromatic amines is 1. The third-order valence-corrected chi connectivity index (χ3v) is 4.83. The molecule has 2 atom stereocenters. The monoisotopic (exact) mass is 372 g/mol. The number of aryl methyl sites for hydroxylation is 2. The number of amides is 1. The molecule has 0 spiro atoms. The average molecular weight is 372 g/mol. The molecule has 1 saturated carbocycles. The number of anilines is 1. The van der Waals surface area contributed by atoms with Gasteiger partial charge in [0.1, 0.15) is 5.82 Å². The first kappa shape index (κ1) is 18.8. The summed E-state index contributed by atoms with van der Waals surface area (Å²) in [7, 11) is 0. The van der Waals surface area contributed by atoms with Crippen molar-refractivity contribution < 1.29 is 14.7 Å². The summed E-state index contributed by atoms with van der Waals surface area (Å²) in [5, 5.41) is 18.4. The summed E-state index contributed by atoms with van der Waals surface area (Å²) in [5.41, 5.74) is 0.907. The molecule has 1 amide bonds. The van der Waals surface area contributed by atoms with Crippen molar-refractivity contribution in [2.75, 3.05) is 5.32 Å². The molecule has 9 nitrogen and oxygen atoms in total. The highest BCUT2D eigenvalue weighted by Crippen LogP contribution is 2.31. The summed E-state index contributed by atoms with van der Waals surface area (Å²) in [6, 6.07) is 3.05. The predicted molar refractivity (Wildman–Crippen MR) is 95.2 cm³/mol. The van der Waals surface area contributed by atoms with Crippen molar-refractivity contribution >= 4 is 17.7 Å². The zero-order valence-electron chi connectivity index (χ0n) is 15.3. The standard InChI is InChI=1S/C18H23N5O4/c1-3-11-9-15(24)21-18(19-11)23-14(8-10(2)22-23)20-16(25)12-6-4-5-7-13(12)17(26)27/h8-9,12-13H,3-7H2,1-2H3,(H,20,25)(H,26,27)(H,19,21,24)/p-1/t12-,13+/m0/s1. The summed E-state index contributed by atoms with van der Waals surface area (Å²) in [5.74, 6) is -2.50. The van der Waals surface area contributed by atoms with Crippen LogP contribution in [0.1, 0.15) is 44.0 Å². The van der Waals surface area contributed by atoms with Crippen LogP contribution in [0.2, 0.25) is 0 Å². The summed E-state index contributed by atoms with van der Waals surface area (Å²) >= 11 is 0. The summed E-state index contributed by atoms with van der Waals surface area (Å²) in [6.07, 6.45) is 3.08. The van der Waals surface area contributed by atoms with E-state index >= 15 is 0 Å². The number of hydrogen-bond donors (Lipinski definition) is 2.